The van der Waals surface area contributed by atoms with Gasteiger partial charge in [0.05, 0.1) is 6.10 Å². The maximum absolute atomic E-state index is 13.5. The predicted molar refractivity (Wildman–Crippen MR) is 58.0 cm³/mol. The third kappa shape index (κ3) is 2.24. The minimum atomic E-state index is -0.792. The second-order valence-corrected chi connectivity index (χ2v) is 5.10. The SMILES string of the molecule is CC1(Cc2cccc(F)c2F)CCC(O)C1. The first-order chi connectivity index (χ1) is 7.50. The molecule has 0 heterocycles. The number of aliphatic hydroxyl groups excluding tert-OH is 1. The number of aliphatic hydroxyl groups is 1. The topological polar surface area (TPSA) is 20.2 Å². The summed E-state index contributed by atoms with van der Waals surface area (Å²) >= 11 is 0. The van der Waals surface area contributed by atoms with Crippen LogP contribution in [0.25, 0.3) is 0 Å². The second kappa shape index (κ2) is 4.13. The van der Waals surface area contributed by atoms with E-state index in [1.807, 2.05) is 6.92 Å². The fourth-order valence-electron chi connectivity index (χ4n) is 2.59. The summed E-state index contributed by atoms with van der Waals surface area (Å²) in [6.07, 6.45) is 2.50. The Kier molecular flexibility index (Phi) is 2.98. The number of rotatable bonds is 2. The molecule has 0 aliphatic heterocycles. The van der Waals surface area contributed by atoms with Crippen LogP contribution in [0, 0.1) is 17.0 Å². The van der Waals surface area contributed by atoms with Gasteiger partial charge in [0.1, 0.15) is 0 Å². The van der Waals surface area contributed by atoms with Crippen LogP contribution in [0.2, 0.25) is 0 Å². The fourth-order valence-corrected chi connectivity index (χ4v) is 2.59. The first-order valence-electron chi connectivity index (χ1n) is 5.61. The fraction of sp³-hybridized carbons (Fsp3) is 0.538. The average molecular weight is 226 g/mol. The minimum absolute atomic E-state index is 0.103. The van der Waals surface area contributed by atoms with Crippen LogP contribution in [0.3, 0.4) is 0 Å². The number of halogens is 2. The van der Waals surface area contributed by atoms with Gasteiger partial charge in [-0.3, -0.25) is 0 Å². The Morgan fingerprint density at radius 1 is 1.44 bits per heavy atom. The van der Waals surface area contributed by atoms with Crippen LogP contribution >= 0.6 is 0 Å². The Hall–Kier alpha value is -0.960. The van der Waals surface area contributed by atoms with E-state index < -0.39 is 11.6 Å². The van der Waals surface area contributed by atoms with E-state index in [-0.39, 0.29) is 11.5 Å². The van der Waals surface area contributed by atoms with Gasteiger partial charge in [-0.05, 0) is 42.7 Å². The number of hydrogen-bond acceptors (Lipinski definition) is 1. The van der Waals surface area contributed by atoms with Gasteiger partial charge in [0.25, 0.3) is 0 Å². The molecule has 1 aromatic rings. The van der Waals surface area contributed by atoms with E-state index in [9.17, 15) is 13.9 Å². The van der Waals surface area contributed by atoms with E-state index in [1.54, 1.807) is 6.07 Å². The van der Waals surface area contributed by atoms with E-state index in [2.05, 4.69) is 0 Å². The van der Waals surface area contributed by atoms with Crippen molar-refractivity contribution in [2.45, 2.75) is 38.7 Å². The first-order valence-corrected chi connectivity index (χ1v) is 5.61. The van der Waals surface area contributed by atoms with Crippen molar-refractivity contribution < 1.29 is 13.9 Å². The van der Waals surface area contributed by atoms with Gasteiger partial charge in [-0.1, -0.05) is 19.1 Å². The Labute approximate surface area is 94.1 Å². The number of benzene rings is 1. The monoisotopic (exact) mass is 226 g/mol. The molecule has 0 radical (unpaired) electrons. The maximum atomic E-state index is 13.5. The smallest absolute Gasteiger partial charge is 0.162 e. The van der Waals surface area contributed by atoms with E-state index in [1.165, 1.54) is 6.07 Å². The lowest BCUT2D eigenvalue weighted by Gasteiger charge is -2.23. The van der Waals surface area contributed by atoms with Crippen molar-refractivity contribution in [3.63, 3.8) is 0 Å². The molecular weight excluding hydrogens is 210 g/mol. The summed E-state index contributed by atoms with van der Waals surface area (Å²) in [7, 11) is 0. The van der Waals surface area contributed by atoms with Crippen molar-refractivity contribution >= 4 is 0 Å². The molecular formula is C13H16F2O. The molecule has 88 valence electrons. The quantitative estimate of drug-likeness (QED) is 0.821. The summed E-state index contributed by atoms with van der Waals surface area (Å²) in [6, 6.07) is 4.28. The largest absolute Gasteiger partial charge is 0.393 e. The summed E-state index contributed by atoms with van der Waals surface area (Å²) in [4.78, 5) is 0. The van der Waals surface area contributed by atoms with Gasteiger partial charge in [0.15, 0.2) is 11.6 Å². The molecule has 0 bridgehead atoms. The predicted octanol–water partition coefficient (Wildman–Crippen LogP) is 3.06. The van der Waals surface area contributed by atoms with Crippen molar-refractivity contribution in [2.24, 2.45) is 5.41 Å². The molecule has 1 aliphatic carbocycles. The van der Waals surface area contributed by atoms with E-state index in [0.717, 1.165) is 18.9 Å². The summed E-state index contributed by atoms with van der Waals surface area (Å²) in [6.45, 7) is 2.02. The van der Waals surface area contributed by atoms with Crippen molar-refractivity contribution in [2.75, 3.05) is 0 Å². The Morgan fingerprint density at radius 2 is 2.19 bits per heavy atom. The van der Waals surface area contributed by atoms with Crippen LogP contribution < -0.4 is 0 Å². The molecule has 0 aromatic heterocycles. The van der Waals surface area contributed by atoms with Gasteiger partial charge in [0.2, 0.25) is 0 Å². The van der Waals surface area contributed by atoms with Crippen molar-refractivity contribution in [1.82, 2.24) is 0 Å². The second-order valence-electron chi connectivity index (χ2n) is 5.10. The minimum Gasteiger partial charge on any atom is -0.393 e. The zero-order chi connectivity index (χ0) is 11.8. The zero-order valence-corrected chi connectivity index (χ0v) is 9.34. The van der Waals surface area contributed by atoms with E-state index in [0.29, 0.717) is 18.4 Å². The maximum Gasteiger partial charge on any atom is 0.162 e. The molecule has 16 heavy (non-hydrogen) atoms. The van der Waals surface area contributed by atoms with Gasteiger partial charge in [-0.15, -0.1) is 0 Å². The third-order valence-corrected chi connectivity index (χ3v) is 3.46. The number of hydrogen-bond donors (Lipinski definition) is 1. The van der Waals surface area contributed by atoms with Crippen molar-refractivity contribution in [3.05, 3.63) is 35.4 Å². The molecule has 2 rings (SSSR count). The lowest BCUT2D eigenvalue weighted by molar-refractivity contribution is 0.163. The van der Waals surface area contributed by atoms with Crippen LogP contribution in [-0.4, -0.2) is 11.2 Å². The molecule has 1 nitrogen and oxygen atoms in total. The molecule has 0 spiro atoms. The normalized spacial score (nSPS) is 29.6. The van der Waals surface area contributed by atoms with Crippen LogP contribution in [0.15, 0.2) is 18.2 Å². The summed E-state index contributed by atoms with van der Waals surface area (Å²) in [5, 5.41) is 9.50. The van der Waals surface area contributed by atoms with Crippen LogP contribution in [0.1, 0.15) is 31.7 Å². The molecule has 2 unspecified atom stereocenters. The summed E-state index contributed by atoms with van der Waals surface area (Å²) < 4.78 is 26.5. The highest BCUT2D eigenvalue weighted by Gasteiger charge is 2.34. The third-order valence-electron chi connectivity index (χ3n) is 3.46. The van der Waals surface area contributed by atoms with Gasteiger partial charge < -0.3 is 5.11 Å². The highest BCUT2D eigenvalue weighted by Crippen LogP contribution is 2.41. The van der Waals surface area contributed by atoms with Crippen molar-refractivity contribution in [3.8, 4) is 0 Å². The molecule has 3 heteroatoms. The van der Waals surface area contributed by atoms with Crippen molar-refractivity contribution in [1.29, 1.82) is 0 Å². The van der Waals surface area contributed by atoms with Crippen LogP contribution in [0.4, 0.5) is 8.78 Å². The molecule has 0 saturated heterocycles. The first kappa shape index (κ1) is 11.5. The van der Waals surface area contributed by atoms with Gasteiger partial charge in [-0.25, -0.2) is 8.78 Å². The zero-order valence-electron chi connectivity index (χ0n) is 9.34. The molecule has 1 fully saturated rings. The summed E-state index contributed by atoms with van der Waals surface area (Å²) in [5.74, 6) is -1.54. The van der Waals surface area contributed by atoms with E-state index in [4.69, 9.17) is 0 Å². The Bertz CT molecular complexity index is 392. The molecule has 1 N–H and O–H groups in total. The van der Waals surface area contributed by atoms with Gasteiger partial charge in [-0.2, -0.15) is 0 Å². The van der Waals surface area contributed by atoms with Crippen LogP contribution in [-0.2, 0) is 6.42 Å². The van der Waals surface area contributed by atoms with Crippen LogP contribution in [0.5, 0.6) is 0 Å². The lowest BCUT2D eigenvalue weighted by Crippen LogP contribution is -2.17. The molecule has 0 amide bonds. The summed E-state index contributed by atoms with van der Waals surface area (Å²) in [5.41, 5.74) is 0.310. The highest BCUT2D eigenvalue weighted by atomic mass is 19.2. The molecule has 2 atom stereocenters. The van der Waals surface area contributed by atoms with Gasteiger partial charge >= 0.3 is 0 Å². The standard InChI is InChI=1S/C13H16F2O/c1-13(6-5-10(16)8-13)7-9-3-2-4-11(14)12(9)15/h2-4,10,16H,5-8H2,1H3. The molecule has 1 saturated carbocycles. The Balaban J connectivity index is 2.18. The van der Waals surface area contributed by atoms with Gasteiger partial charge in [0, 0.05) is 0 Å². The average Bonchev–Trinajstić information content (AvgIpc) is 2.54. The lowest BCUT2D eigenvalue weighted by atomic mass is 9.82. The highest BCUT2D eigenvalue weighted by molar-refractivity contribution is 5.20. The van der Waals surface area contributed by atoms with E-state index >= 15 is 0 Å². The molecule has 1 aliphatic rings. The Morgan fingerprint density at radius 3 is 2.81 bits per heavy atom. The molecule has 1 aromatic carbocycles.